The van der Waals surface area contributed by atoms with Gasteiger partial charge in [-0.05, 0) is 40.2 Å². The smallest absolute Gasteiger partial charge is 0.260 e. The topological polar surface area (TPSA) is 97.3 Å². The quantitative estimate of drug-likeness (QED) is 0.533. The highest BCUT2D eigenvalue weighted by Gasteiger charge is 2.20. The van der Waals surface area contributed by atoms with E-state index in [4.69, 9.17) is 9.47 Å². The Labute approximate surface area is 164 Å². The van der Waals surface area contributed by atoms with Gasteiger partial charge in [0.2, 0.25) is 16.8 Å². The minimum absolute atomic E-state index is 0.153. The summed E-state index contributed by atoms with van der Waals surface area (Å²) in [6, 6.07) is 11.8. The third-order valence-electron chi connectivity index (χ3n) is 3.62. The molecule has 0 atom stereocenters. The number of carbonyl (C=O) groups is 1. The first kappa shape index (κ1) is 19.2. The number of nitrogens with zero attached hydrogens (tertiary/aromatic N) is 2. The fourth-order valence-corrected chi connectivity index (χ4v) is 3.65. The zero-order valence-electron chi connectivity index (χ0n) is 14.3. The van der Waals surface area contributed by atoms with Gasteiger partial charge in [-0.25, -0.2) is 13.8 Å². The Balaban J connectivity index is 1.67. The van der Waals surface area contributed by atoms with E-state index in [0.717, 1.165) is 10.6 Å². The third-order valence-corrected chi connectivity index (χ3v) is 5.44. The summed E-state index contributed by atoms with van der Waals surface area (Å²) < 4.78 is 36.3. The fraction of sp³-hybridized carbons (Fsp3) is 0.176. The third kappa shape index (κ3) is 4.77. The average molecular weight is 454 g/mol. The van der Waals surface area contributed by atoms with E-state index in [1.165, 1.54) is 6.21 Å². The molecule has 0 bridgehead atoms. The Morgan fingerprint density at radius 2 is 1.93 bits per heavy atom. The molecule has 1 amide bonds. The number of amides is 1. The second-order valence-electron chi connectivity index (χ2n) is 5.63. The van der Waals surface area contributed by atoms with Crippen LogP contribution in [0.1, 0.15) is 5.56 Å². The summed E-state index contributed by atoms with van der Waals surface area (Å²) >= 11 is 3.39. The van der Waals surface area contributed by atoms with Gasteiger partial charge in [-0.15, -0.1) is 0 Å². The molecule has 1 aliphatic rings. The number of rotatable bonds is 6. The van der Waals surface area contributed by atoms with Crippen LogP contribution in [0, 0.1) is 0 Å². The lowest BCUT2D eigenvalue weighted by Crippen LogP contribution is -2.38. The van der Waals surface area contributed by atoms with E-state index >= 15 is 0 Å². The number of ether oxygens (including phenoxy) is 2. The van der Waals surface area contributed by atoms with Crippen molar-refractivity contribution in [2.45, 2.75) is 0 Å². The van der Waals surface area contributed by atoms with Gasteiger partial charge in [0, 0.05) is 10.0 Å². The van der Waals surface area contributed by atoms with Crippen molar-refractivity contribution in [1.29, 1.82) is 0 Å². The molecule has 27 heavy (non-hydrogen) atoms. The standard InChI is InChI=1S/C17H16BrN3O5S/c1-27(23,24)21(13-5-3-2-4-6-13)10-17(22)20-19-9-12-7-15-16(8-14(12)18)26-11-25-15/h2-9H,10-11H2,1H3,(H,20,22)/b19-9+. The predicted molar refractivity (Wildman–Crippen MR) is 105 cm³/mol. The van der Waals surface area contributed by atoms with Crippen LogP contribution in [0.4, 0.5) is 5.69 Å². The zero-order chi connectivity index (χ0) is 19.4. The van der Waals surface area contributed by atoms with E-state index in [9.17, 15) is 13.2 Å². The normalized spacial score (nSPS) is 13.0. The van der Waals surface area contributed by atoms with Crippen molar-refractivity contribution in [3.05, 3.63) is 52.5 Å². The van der Waals surface area contributed by atoms with Crippen LogP contribution in [0.5, 0.6) is 11.5 Å². The average Bonchev–Trinajstić information content (AvgIpc) is 3.06. The first-order valence-electron chi connectivity index (χ1n) is 7.78. The van der Waals surface area contributed by atoms with Gasteiger partial charge in [0.05, 0.1) is 18.2 Å². The fourth-order valence-electron chi connectivity index (χ4n) is 2.37. The Morgan fingerprint density at radius 1 is 1.26 bits per heavy atom. The maximum atomic E-state index is 12.1. The number of hydrazone groups is 1. The molecular weight excluding hydrogens is 438 g/mol. The Kier molecular flexibility index (Phi) is 5.66. The highest BCUT2D eigenvalue weighted by molar-refractivity contribution is 9.10. The predicted octanol–water partition coefficient (Wildman–Crippen LogP) is 2.09. The summed E-state index contributed by atoms with van der Waals surface area (Å²) in [6.45, 7) is -0.234. The van der Waals surface area contributed by atoms with Gasteiger partial charge in [0.1, 0.15) is 6.54 Å². The van der Waals surface area contributed by atoms with Crippen molar-refractivity contribution in [1.82, 2.24) is 5.43 Å². The maximum absolute atomic E-state index is 12.1. The highest BCUT2D eigenvalue weighted by atomic mass is 79.9. The molecule has 0 unspecified atom stereocenters. The molecule has 0 spiro atoms. The van der Waals surface area contributed by atoms with Crippen LogP contribution < -0.4 is 19.2 Å². The van der Waals surface area contributed by atoms with Crippen LogP contribution >= 0.6 is 15.9 Å². The molecule has 0 saturated carbocycles. The molecular formula is C17H16BrN3O5S. The van der Waals surface area contributed by atoms with Gasteiger partial charge in [0.25, 0.3) is 5.91 Å². The van der Waals surface area contributed by atoms with Gasteiger partial charge < -0.3 is 9.47 Å². The number of hydrogen-bond acceptors (Lipinski definition) is 6. The highest BCUT2D eigenvalue weighted by Crippen LogP contribution is 2.36. The molecule has 3 rings (SSSR count). The van der Waals surface area contributed by atoms with Crippen molar-refractivity contribution in [3.8, 4) is 11.5 Å². The monoisotopic (exact) mass is 453 g/mol. The second-order valence-corrected chi connectivity index (χ2v) is 8.39. The number of halogens is 1. The molecule has 1 heterocycles. The van der Waals surface area contributed by atoms with Crippen molar-refractivity contribution >= 4 is 43.8 Å². The van der Waals surface area contributed by atoms with Crippen LogP contribution in [-0.4, -0.2) is 40.1 Å². The molecule has 2 aromatic rings. The van der Waals surface area contributed by atoms with E-state index in [1.54, 1.807) is 42.5 Å². The lowest BCUT2D eigenvalue weighted by molar-refractivity contribution is -0.119. The number of benzene rings is 2. The van der Waals surface area contributed by atoms with Crippen LogP contribution in [0.15, 0.2) is 52.0 Å². The molecule has 1 aliphatic heterocycles. The first-order chi connectivity index (χ1) is 12.8. The molecule has 142 valence electrons. The lowest BCUT2D eigenvalue weighted by atomic mass is 10.2. The molecule has 0 radical (unpaired) electrons. The SMILES string of the molecule is CS(=O)(=O)N(CC(=O)N/N=C/c1cc2c(cc1Br)OCO2)c1ccccc1. The van der Waals surface area contributed by atoms with Gasteiger partial charge in [0.15, 0.2) is 11.5 Å². The van der Waals surface area contributed by atoms with Crippen molar-refractivity contribution in [2.24, 2.45) is 5.10 Å². The molecule has 0 fully saturated rings. The Hall–Kier alpha value is -2.59. The van der Waals surface area contributed by atoms with E-state index in [0.29, 0.717) is 27.2 Å². The van der Waals surface area contributed by atoms with Gasteiger partial charge >= 0.3 is 0 Å². The lowest BCUT2D eigenvalue weighted by Gasteiger charge is -2.21. The minimum atomic E-state index is -3.62. The van der Waals surface area contributed by atoms with Crippen molar-refractivity contribution in [3.63, 3.8) is 0 Å². The maximum Gasteiger partial charge on any atom is 0.260 e. The summed E-state index contributed by atoms with van der Waals surface area (Å²) in [5, 5.41) is 3.88. The largest absolute Gasteiger partial charge is 0.454 e. The van der Waals surface area contributed by atoms with E-state index in [2.05, 4.69) is 26.5 Å². The molecule has 1 N–H and O–H groups in total. The first-order valence-corrected chi connectivity index (χ1v) is 10.4. The number of sulfonamides is 1. The summed E-state index contributed by atoms with van der Waals surface area (Å²) in [5.74, 6) is 0.630. The second kappa shape index (κ2) is 7.97. The zero-order valence-corrected chi connectivity index (χ0v) is 16.7. The summed E-state index contributed by atoms with van der Waals surface area (Å²) in [5.41, 5.74) is 3.40. The Bertz CT molecular complexity index is 980. The number of fused-ring (bicyclic) bond motifs is 1. The molecule has 0 aromatic heterocycles. The van der Waals surface area contributed by atoms with Crippen LogP contribution in [0.2, 0.25) is 0 Å². The molecule has 0 saturated heterocycles. The van der Waals surface area contributed by atoms with Crippen LogP contribution in [-0.2, 0) is 14.8 Å². The van der Waals surface area contributed by atoms with Gasteiger partial charge in [-0.1, -0.05) is 18.2 Å². The number of para-hydroxylation sites is 1. The number of carbonyl (C=O) groups excluding carboxylic acids is 1. The van der Waals surface area contributed by atoms with Crippen LogP contribution in [0.25, 0.3) is 0 Å². The van der Waals surface area contributed by atoms with E-state index in [1.807, 2.05) is 0 Å². The van der Waals surface area contributed by atoms with Gasteiger partial charge in [-0.2, -0.15) is 5.10 Å². The Morgan fingerprint density at radius 3 is 2.59 bits per heavy atom. The van der Waals surface area contributed by atoms with Crippen molar-refractivity contribution < 1.29 is 22.7 Å². The van der Waals surface area contributed by atoms with E-state index in [-0.39, 0.29) is 13.3 Å². The number of nitrogens with one attached hydrogen (secondary N) is 1. The van der Waals surface area contributed by atoms with Crippen molar-refractivity contribution in [2.75, 3.05) is 23.9 Å². The summed E-state index contributed by atoms with van der Waals surface area (Å²) in [6.07, 6.45) is 2.47. The van der Waals surface area contributed by atoms with Crippen LogP contribution in [0.3, 0.4) is 0 Å². The molecule has 10 heteroatoms. The summed E-state index contributed by atoms with van der Waals surface area (Å²) in [7, 11) is -3.62. The number of hydrogen-bond donors (Lipinski definition) is 1. The summed E-state index contributed by atoms with van der Waals surface area (Å²) in [4.78, 5) is 12.1. The minimum Gasteiger partial charge on any atom is -0.454 e. The molecule has 2 aromatic carbocycles. The molecule has 0 aliphatic carbocycles. The number of anilines is 1. The van der Waals surface area contributed by atoms with E-state index < -0.39 is 15.9 Å². The van der Waals surface area contributed by atoms with Gasteiger partial charge in [-0.3, -0.25) is 9.10 Å². The molecule has 8 nitrogen and oxygen atoms in total.